The molecule has 6 nitrogen and oxygen atoms in total. The zero-order valence-corrected chi connectivity index (χ0v) is 13.3. The first-order valence-corrected chi connectivity index (χ1v) is 9.28. The van der Waals surface area contributed by atoms with Gasteiger partial charge in [-0.2, -0.15) is 26.2 Å². The normalized spacial score (nSPS) is 17.9. The summed E-state index contributed by atoms with van der Waals surface area (Å²) in [6.45, 7) is 1.51. The number of aromatic nitrogens is 2. The molecule has 2 heterocycles. The predicted octanol–water partition coefficient (Wildman–Crippen LogP) is 1.90. The van der Waals surface area contributed by atoms with Crippen molar-refractivity contribution < 1.29 is 8.42 Å². The highest BCUT2D eigenvalue weighted by molar-refractivity contribution is 7.87. The number of fused-ring (bicyclic) bond motifs is 1. The van der Waals surface area contributed by atoms with Gasteiger partial charge in [0.1, 0.15) is 11.0 Å². The highest BCUT2D eigenvalue weighted by Gasteiger charge is 2.22. The highest BCUT2D eigenvalue weighted by Crippen LogP contribution is 2.15. The molecule has 114 valence electrons. The molecule has 3 rings (SSSR count). The molecule has 0 atom stereocenters. The second-order valence-electron chi connectivity index (χ2n) is 5.23. The average Bonchev–Trinajstić information content (AvgIpc) is 2.76. The molecule has 1 aromatic heterocycles. The van der Waals surface area contributed by atoms with E-state index in [-0.39, 0.29) is 6.54 Å². The molecule has 1 saturated heterocycles. The van der Waals surface area contributed by atoms with Gasteiger partial charge in [-0.1, -0.05) is 18.9 Å². The summed E-state index contributed by atoms with van der Waals surface area (Å²) in [5.74, 6) is 0. The smallest absolute Gasteiger partial charge is 0.198 e. The molecule has 8 heteroatoms. The molecule has 2 aromatic rings. The van der Waals surface area contributed by atoms with E-state index in [1.807, 2.05) is 18.2 Å². The van der Waals surface area contributed by atoms with Gasteiger partial charge in [0.05, 0.1) is 11.7 Å². The number of hydrogen-bond donors (Lipinski definition) is 1. The Morgan fingerprint density at radius 1 is 1.10 bits per heavy atom. The van der Waals surface area contributed by atoms with Crippen molar-refractivity contribution in [2.75, 3.05) is 13.1 Å². The standard InChI is InChI=1S/C13H18N4O2S2/c18-21(19,17-7-3-1-2-4-8-17)14-10-11-5-6-12-13(9-11)16-20-15-12/h5-6,9,14H,1-4,7-8,10H2. The zero-order valence-electron chi connectivity index (χ0n) is 11.7. The lowest BCUT2D eigenvalue weighted by molar-refractivity contribution is 0.414. The van der Waals surface area contributed by atoms with Crippen molar-refractivity contribution in [3.8, 4) is 0 Å². The first-order valence-electron chi connectivity index (χ1n) is 7.11. The van der Waals surface area contributed by atoms with E-state index in [9.17, 15) is 8.42 Å². The van der Waals surface area contributed by atoms with E-state index >= 15 is 0 Å². The first-order chi connectivity index (χ1) is 10.1. The Kier molecular flexibility index (Phi) is 4.48. The molecule has 0 spiro atoms. The number of hydrogen-bond acceptors (Lipinski definition) is 5. The van der Waals surface area contributed by atoms with E-state index in [4.69, 9.17) is 0 Å². The molecule has 21 heavy (non-hydrogen) atoms. The van der Waals surface area contributed by atoms with Gasteiger partial charge in [-0.15, -0.1) is 0 Å². The molecule has 0 saturated carbocycles. The van der Waals surface area contributed by atoms with Crippen molar-refractivity contribution in [3.63, 3.8) is 0 Å². The van der Waals surface area contributed by atoms with E-state index in [1.54, 1.807) is 4.31 Å². The van der Waals surface area contributed by atoms with Gasteiger partial charge >= 0.3 is 0 Å². The lowest BCUT2D eigenvalue weighted by Gasteiger charge is -2.20. The third-order valence-electron chi connectivity index (χ3n) is 3.68. The van der Waals surface area contributed by atoms with Gasteiger partial charge in [0, 0.05) is 19.6 Å². The summed E-state index contributed by atoms with van der Waals surface area (Å²) in [6, 6.07) is 5.63. The second kappa shape index (κ2) is 6.35. The van der Waals surface area contributed by atoms with Gasteiger partial charge in [-0.05, 0) is 30.5 Å². The molecule has 0 radical (unpaired) electrons. The molecule has 0 aliphatic carbocycles. The molecule has 1 aromatic carbocycles. The monoisotopic (exact) mass is 326 g/mol. The van der Waals surface area contributed by atoms with Crippen LogP contribution in [0.3, 0.4) is 0 Å². The van der Waals surface area contributed by atoms with Gasteiger partial charge in [0.25, 0.3) is 10.2 Å². The Morgan fingerprint density at radius 3 is 2.57 bits per heavy atom. The fourth-order valence-electron chi connectivity index (χ4n) is 2.49. The van der Waals surface area contributed by atoms with E-state index in [1.165, 1.54) is 0 Å². The fourth-order valence-corrected chi connectivity index (χ4v) is 4.27. The summed E-state index contributed by atoms with van der Waals surface area (Å²) >= 11 is 1.16. The lowest BCUT2D eigenvalue weighted by atomic mass is 10.2. The first kappa shape index (κ1) is 14.8. The molecular formula is C13H18N4O2S2. The molecule has 0 unspecified atom stereocenters. The van der Waals surface area contributed by atoms with Crippen molar-refractivity contribution in [1.29, 1.82) is 0 Å². The van der Waals surface area contributed by atoms with Crippen LogP contribution in [0.15, 0.2) is 18.2 Å². The van der Waals surface area contributed by atoms with Crippen LogP contribution in [-0.4, -0.2) is 34.6 Å². The van der Waals surface area contributed by atoms with Gasteiger partial charge in [-0.3, -0.25) is 0 Å². The summed E-state index contributed by atoms with van der Waals surface area (Å²) in [6.07, 6.45) is 4.10. The van der Waals surface area contributed by atoms with Crippen LogP contribution in [0.5, 0.6) is 0 Å². The molecule has 1 aliphatic rings. The summed E-state index contributed by atoms with van der Waals surface area (Å²) < 4.78 is 37.2. The quantitative estimate of drug-likeness (QED) is 0.931. The Labute approximate surface area is 128 Å². The summed E-state index contributed by atoms with van der Waals surface area (Å²) in [5.41, 5.74) is 2.55. The number of rotatable bonds is 4. The summed E-state index contributed by atoms with van der Waals surface area (Å²) in [5, 5.41) is 0. The van der Waals surface area contributed by atoms with Gasteiger partial charge in [0.2, 0.25) is 0 Å². The SMILES string of the molecule is O=S(=O)(NCc1ccc2nsnc2c1)N1CCCCCC1. The van der Waals surface area contributed by atoms with Crippen LogP contribution in [0.25, 0.3) is 11.0 Å². The number of benzene rings is 1. The largest absolute Gasteiger partial charge is 0.279 e. The highest BCUT2D eigenvalue weighted by atomic mass is 32.2. The van der Waals surface area contributed by atoms with Crippen LogP contribution >= 0.6 is 11.7 Å². The van der Waals surface area contributed by atoms with Crippen molar-refractivity contribution in [3.05, 3.63) is 23.8 Å². The van der Waals surface area contributed by atoms with Crippen LogP contribution in [0.4, 0.5) is 0 Å². The number of nitrogens with one attached hydrogen (secondary N) is 1. The van der Waals surface area contributed by atoms with Crippen LogP contribution < -0.4 is 4.72 Å². The minimum atomic E-state index is -3.39. The van der Waals surface area contributed by atoms with Crippen molar-refractivity contribution >= 4 is 33.0 Å². The average molecular weight is 326 g/mol. The maximum atomic E-state index is 12.3. The van der Waals surface area contributed by atoms with Crippen molar-refractivity contribution in [2.45, 2.75) is 32.2 Å². The molecule has 0 amide bonds. The molecule has 1 N–H and O–H groups in total. The van der Waals surface area contributed by atoms with E-state index in [0.29, 0.717) is 13.1 Å². The third-order valence-corrected chi connectivity index (χ3v) is 5.79. The second-order valence-corrected chi connectivity index (χ2v) is 7.51. The Bertz CT molecular complexity index is 706. The minimum Gasteiger partial charge on any atom is -0.198 e. The predicted molar refractivity (Wildman–Crippen MR) is 83.2 cm³/mol. The van der Waals surface area contributed by atoms with Crippen LogP contribution in [-0.2, 0) is 16.8 Å². The Morgan fingerprint density at radius 2 is 1.81 bits per heavy atom. The Hall–Kier alpha value is -1.09. The topological polar surface area (TPSA) is 75.2 Å². The Balaban J connectivity index is 1.67. The maximum absolute atomic E-state index is 12.3. The van der Waals surface area contributed by atoms with Crippen LogP contribution in [0.1, 0.15) is 31.2 Å². The van der Waals surface area contributed by atoms with Crippen molar-refractivity contribution in [2.24, 2.45) is 0 Å². The zero-order chi connectivity index (χ0) is 14.7. The molecular weight excluding hydrogens is 308 g/mol. The number of nitrogens with zero attached hydrogens (tertiary/aromatic N) is 3. The minimum absolute atomic E-state index is 0.284. The van der Waals surface area contributed by atoms with E-state index < -0.39 is 10.2 Å². The maximum Gasteiger partial charge on any atom is 0.279 e. The van der Waals surface area contributed by atoms with Gasteiger partial charge < -0.3 is 0 Å². The van der Waals surface area contributed by atoms with E-state index in [0.717, 1.165) is 54.0 Å². The molecule has 1 fully saturated rings. The summed E-state index contributed by atoms with van der Waals surface area (Å²) in [4.78, 5) is 0. The van der Waals surface area contributed by atoms with Gasteiger partial charge in [0.15, 0.2) is 0 Å². The summed E-state index contributed by atoms with van der Waals surface area (Å²) in [7, 11) is -3.39. The van der Waals surface area contributed by atoms with Gasteiger partial charge in [-0.25, -0.2) is 0 Å². The lowest BCUT2D eigenvalue weighted by Crippen LogP contribution is -2.40. The third kappa shape index (κ3) is 3.57. The fraction of sp³-hybridized carbons (Fsp3) is 0.538. The van der Waals surface area contributed by atoms with Crippen LogP contribution in [0, 0.1) is 0 Å². The van der Waals surface area contributed by atoms with E-state index in [2.05, 4.69) is 13.5 Å². The molecule has 1 aliphatic heterocycles. The van der Waals surface area contributed by atoms with Crippen molar-refractivity contribution in [1.82, 2.24) is 17.8 Å². The molecule has 0 bridgehead atoms. The van der Waals surface area contributed by atoms with Crippen LogP contribution in [0.2, 0.25) is 0 Å².